The third-order valence-corrected chi connectivity index (χ3v) is 5.96. The Hall–Kier alpha value is -0.900. The summed E-state index contributed by atoms with van der Waals surface area (Å²) in [5.41, 5.74) is 0.808. The minimum atomic E-state index is -0.621. The normalized spacial score (nSPS) is 31.1. The van der Waals surface area contributed by atoms with E-state index in [1.54, 1.807) is 0 Å². The number of aliphatic hydroxyl groups excluding tert-OH is 1. The lowest BCUT2D eigenvalue weighted by atomic mass is 9.88. The summed E-state index contributed by atoms with van der Waals surface area (Å²) in [4.78, 5) is 2.20. The van der Waals surface area contributed by atoms with Crippen molar-refractivity contribution in [3.05, 3.63) is 36.0 Å². The van der Waals surface area contributed by atoms with Crippen LogP contribution < -0.4 is 0 Å². The maximum Gasteiger partial charge on any atom is 0.0654 e. The summed E-state index contributed by atoms with van der Waals surface area (Å²) in [7, 11) is 4.20. The van der Waals surface area contributed by atoms with E-state index in [1.807, 2.05) is 6.92 Å². The quantitative estimate of drug-likeness (QED) is 0.569. The van der Waals surface area contributed by atoms with Crippen molar-refractivity contribution in [1.82, 2.24) is 4.90 Å². The van der Waals surface area contributed by atoms with Crippen molar-refractivity contribution in [2.45, 2.75) is 70.5 Å². The van der Waals surface area contributed by atoms with Gasteiger partial charge in [0.1, 0.15) is 0 Å². The first-order valence-corrected chi connectivity index (χ1v) is 10.4. The monoisotopic (exact) mass is 361 g/mol. The highest BCUT2D eigenvalue weighted by atomic mass is 16.3. The zero-order valence-electron chi connectivity index (χ0n) is 17.2. The number of hydrogen-bond donors (Lipinski definition) is 2. The Morgan fingerprint density at radius 2 is 2.08 bits per heavy atom. The van der Waals surface area contributed by atoms with Gasteiger partial charge in [-0.25, -0.2) is 0 Å². The average molecular weight is 362 g/mol. The first-order valence-electron chi connectivity index (χ1n) is 10.4. The van der Waals surface area contributed by atoms with Gasteiger partial charge in [-0.3, -0.25) is 0 Å². The predicted molar refractivity (Wildman–Crippen MR) is 110 cm³/mol. The fourth-order valence-corrected chi connectivity index (χ4v) is 4.38. The number of fused-ring (bicyclic) bond motifs is 1. The van der Waals surface area contributed by atoms with Gasteiger partial charge in [-0.2, -0.15) is 0 Å². The van der Waals surface area contributed by atoms with Crippen molar-refractivity contribution in [3.8, 4) is 0 Å². The molecule has 2 aliphatic carbocycles. The molecule has 2 N–H and O–H groups in total. The summed E-state index contributed by atoms with van der Waals surface area (Å²) in [5.74, 6) is 1.26. The maximum atomic E-state index is 10.5. The molecule has 0 unspecified atom stereocenters. The van der Waals surface area contributed by atoms with Crippen molar-refractivity contribution in [2.24, 2.45) is 17.8 Å². The van der Waals surface area contributed by atoms with Gasteiger partial charge in [0.05, 0.1) is 11.7 Å². The van der Waals surface area contributed by atoms with Crippen LogP contribution in [0.25, 0.3) is 0 Å². The van der Waals surface area contributed by atoms with Crippen molar-refractivity contribution in [3.63, 3.8) is 0 Å². The van der Waals surface area contributed by atoms with E-state index < -0.39 is 5.60 Å². The van der Waals surface area contributed by atoms with Gasteiger partial charge in [0, 0.05) is 12.5 Å². The first kappa shape index (κ1) is 21.4. The Kier molecular flexibility index (Phi) is 8.12. The van der Waals surface area contributed by atoms with Crippen LogP contribution in [0.2, 0.25) is 0 Å². The highest BCUT2D eigenvalue weighted by Gasteiger charge is 2.42. The lowest BCUT2D eigenvalue weighted by Gasteiger charge is -2.22. The second-order valence-corrected chi connectivity index (χ2v) is 8.88. The maximum absolute atomic E-state index is 10.5. The molecule has 0 radical (unpaired) electrons. The SMILES string of the molecule is CCCC[C@](C)(O)CC=C[C@@H]1[C@H]2CC(C=CCCN(C)C)=C[C@H]2C[C@H]1O. The molecule has 2 aliphatic rings. The second-order valence-electron chi connectivity index (χ2n) is 8.88. The Morgan fingerprint density at radius 3 is 2.77 bits per heavy atom. The van der Waals surface area contributed by atoms with Crippen molar-refractivity contribution in [2.75, 3.05) is 20.6 Å². The Bertz CT molecular complexity index is 518. The molecule has 0 aromatic heterocycles. The van der Waals surface area contributed by atoms with E-state index in [0.29, 0.717) is 18.3 Å². The molecule has 1 saturated carbocycles. The lowest BCUT2D eigenvalue weighted by molar-refractivity contribution is 0.0513. The van der Waals surface area contributed by atoms with E-state index in [9.17, 15) is 10.2 Å². The summed E-state index contributed by atoms with van der Waals surface area (Å²) in [6, 6.07) is 0. The molecule has 0 saturated heterocycles. The number of allylic oxidation sites excluding steroid dienone is 3. The standard InChI is InChI=1S/C23H39NO2/c1-5-6-12-23(2,26)13-9-11-20-21-16-18(10-7-8-14-24(3)4)15-19(21)17-22(20)25/h7,9-11,15,19-22,25-26H,5-6,8,12-14,16-17H2,1-4H3/t19-,20+,21-,22+,23-/m0/s1. The van der Waals surface area contributed by atoms with Gasteiger partial charge in [0.25, 0.3) is 0 Å². The summed E-state index contributed by atoms with van der Waals surface area (Å²) < 4.78 is 0. The Labute approximate surface area is 160 Å². The van der Waals surface area contributed by atoms with Gasteiger partial charge in [-0.05, 0) is 65.0 Å². The topological polar surface area (TPSA) is 43.7 Å². The van der Waals surface area contributed by atoms with Crippen LogP contribution in [0.15, 0.2) is 36.0 Å². The molecule has 0 aliphatic heterocycles. The summed E-state index contributed by atoms with van der Waals surface area (Å²) >= 11 is 0. The summed E-state index contributed by atoms with van der Waals surface area (Å²) in [6.45, 7) is 5.16. The average Bonchev–Trinajstić information content (AvgIpc) is 3.07. The van der Waals surface area contributed by atoms with Crippen molar-refractivity contribution in [1.29, 1.82) is 0 Å². The van der Waals surface area contributed by atoms with E-state index >= 15 is 0 Å². The lowest BCUT2D eigenvalue weighted by Crippen LogP contribution is -2.23. The Morgan fingerprint density at radius 1 is 1.31 bits per heavy atom. The molecular weight excluding hydrogens is 322 g/mol. The number of unbranched alkanes of at least 4 members (excludes halogenated alkanes) is 1. The summed E-state index contributed by atoms with van der Waals surface area (Å²) in [6.07, 6.45) is 17.7. The smallest absolute Gasteiger partial charge is 0.0654 e. The van der Waals surface area contributed by atoms with E-state index in [4.69, 9.17) is 0 Å². The molecule has 1 fully saturated rings. The number of rotatable bonds is 10. The fourth-order valence-electron chi connectivity index (χ4n) is 4.38. The molecule has 0 spiro atoms. The molecule has 0 aromatic rings. The van der Waals surface area contributed by atoms with Crippen LogP contribution in [-0.4, -0.2) is 47.5 Å². The molecule has 0 aromatic carbocycles. The molecule has 3 heteroatoms. The third-order valence-electron chi connectivity index (χ3n) is 5.96. The number of aliphatic hydroxyl groups is 2. The summed E-state index contributed by atoms with van der Waals surface area (Å²) in [5, 5.41) is 20.9. The van der Waals surface area contributed by atoms with E-state index in [2.05, 4.69) is 56.3 Å². The van der Waals surface area contributed by atoms with E-state index in [1.165, 1.54) is 5.57 Å². The number of nitrogens with zero attached hydrogens (tertiary/aromatic N) is 1. The van der Waals surface area contributed by atoms with Gasteiger partial charge in [0.15, 0.2) is 0 Å². The molecule has 26 heavy (non-hydrogen) atoms. The third kappa shape index (κ3) is 6.37. The van der Waals surface area contributed by atoms with E-state index in [-0.39, 0.29) is 12.0 Å². The zero-order valence-corrected chi connectivity index (χ0v) is 17.2. The molecule has 0 amide bonds. The molecule has 0 bridgehead atoms. The highest BCUT2D eigenvalue weighted by Crippen LogP contribution is 2.47. The van der Waals surface area contributed by atoms with Crippen LogP contribution in [0.1, 0.15) is 58.8 Å². The zero-order chi connectivity index (χ0) is 19.2. The van der Waals surface area contributed by atoms with Crippen LogP contribution in [0.3, 0.4) is 0 Å². The minimum absolute atomic E-state index is 0.228. The van der Waals surface area contributed by atoms with Crippen LogP contribution >= 0.6 is 0 Å². The van der Waals surface area contributed by atoms with Crippen molar-refractivity contribution >= 4 is 0 Å². The van der Waals surface area contributed by atoms with Gasteiger partial charge < -0.3 is 15.1 Å². The highest BCUT2D eigenvalue weighted by molar-refractivity contribution is 5.28. The van der Waals surface area contributed by atoms with Crippen LogP contribution in [0.5, 0.6) is 0 Å². The molecule has 0 heterocycles. The minimum Gasteiger partial charge on any atom is -0.392 e. The van der Waals surface area contributed by atoms with Gasteiger partial charge in [0.2, 0.25) is 0 Å². The van der Waals surface area contributed by atoms with Gasteiger partial charge in [-0.15, -0.1) is 0 Å². The van der Waals surface area contributed by atoms with Crippen LogP contribution in [-0.2, 0) is 0 Å². The Balaban J connectivity index is 1.86. The molecule has 3 nitrogen and oxygen atoms in total. The first-order chi connectivity index (χ1) is 12.3. The van der Waals surface area contributed by atoms with Gasteiger partial charge in [-0.1, -0.05) is 55.7 Å². The van der Waals surface area contributed by atoms with Crippen LogP contribution in [0.4, 0.5) is 0 Å². The molecular formula is C23H39NO2. The number of hydrogen-bond acceptors (Lipinski definition) is 3. The van der Waals surface area contributed by atoms with Crippen molar-refractivity contribution < 1.29 is 10.2 Å². The molecule has 2 rings (SSSR count). The largest absolute Gasteiger partial charge is 0.392 e. The molecule has 148 valence electrons. The van der Waals surface area contributed by atoms with E-state index in [0.717, 1.165) is 45.1 Å². The van der Waals surface area contributed by atoms with Crippen LogP contribution in [0, 0.1) is 17.8 Å². The van der Waals surface area contributed by atoms with Gasteiger partial charge >= 0.3 is 0 Å². The predicted octanol–water partition coefficient (Wildman–Crippen LogP) is 4.33. The second kappa shape index (κ2) is 9.87. The fraction of sp³-hybridized carbons (Fsp3) is 0.739. The molecule has 5 atom stereocenters.